The Hall–Kier alpha value is -3.15. The molecule has 0 aliphatic carbocycles. The molecule has 6 nitrogen and oxygen atoms in total. The fourth-order valence-corrected chi connectivity index (χ4v) is 4.44. The summed E-state index contributed by atoms with van der Waals surface area (Å²) in [6.07, 6.45) is 2.33. The summed E-state index contributed by atoms with van der Waals surface area (Å²) in [4.78, 5) is 41.6. The van der Waals surface area contributed by atoms with Crippen molar-refractivity contribution in [2.75, 3.05) is 24.5 Å². The van der Waals surface area contributed by atoms with Gasteiger partial charge in [-0.1, -0.05) is 38.1 Å². The largest absolute Gasteiger partial charge is 0.352 e. The van der Waals surface area contributed by atoms with Crippen molar-refractivity contribution in [3.8, 4) is 0 Å². The summed E-state index contributed by atoms with van der Waals surface area (Å²) in [7, 11) is 0. The van der Waals surface area contributed by atoms with Crippen LogP contribution in [0.1, 0.15) is 60.5 Å². The minimum absolute atomic E-state index is 0.0238. The molecule has 0 aromatic heterocycles. The first kappa shape index (κ1) is 22.1. The fraction of sp³-hybridized carbons (Fsp3) is 0.423. The Balaban J connectivity index is 1.36. The number of rotatable bonds is 6. The summed E-state index contributed by atoms with van der Waals surface area (Å²) < 4.78 is 0. The molecule has 0 bridgehead atoms. The summed E-state index contributed by atoms with van der Waals surface area (Å²) in [6, 6.07) is 15.4. The Morgan fingerprint density at radius 3 is 2.56 bits per heavy atom. The van der Waals surface area contributed by atoms with Gasteiger partial charge in [0.25, 0.3) is 5.91 Å². The number of carbonyl (C=O) groups excluding carboxylic acids is 3. The molecular formula is C26H31N3O3. The average molecular weight is 434 g/mol. The smallest absolute Gasteiger partial charge is 0.253 e. The standard InChI is InChI=1S/C26H31N3O3/c1-18(2)20-8-6-10-23(14-20)29-17-22(15-24(29)30)25(31)27-16-19-7-5-9-21(13-19)26(32)28-11-3-4-12-28/h5-10,13-14,18,22H,3-4,11-12,15-17H2,1-2H3,(H,27,31). The minimum Gasteiger partial charge on any atom is -0.352 e. The first-order valence-electron chi connectivity index (χ1n) is 11.5. The molecule has 0 saturated carbocycles. The van der Waals surface area contributed by atoms with Crippen LogP contribution in [-0.4, -0.2) is 42.3 Å². The molecule has 2 aromatic rings. The zero-order valence-corrected chi connectivity index (χ0v) is 18.8. The molecule has 2 saturated heterocycles. The van der Waals surface area contributed by atoms with E-state index in [-0.39, 0.29) is 30.1 Å². The van der Waals surface area contributed by atoms with Crippen molar-refractivity contribution in [2.24, 2.45) is 5.92 Å². The second kappa shape index (κ2) is 9.55. The molecule has 2 aliphatic rings. The maximum atomic E-state index is 12.8. The van der Waals surface area contributed by atoms with Gasteiger partial charge in [0, 0.05) is 43.9 Å². The molecule has 1 N–H and O–H groups in total. The lowest BCUT2D eigenvalue weighted by Gasteiger charge is -2.18. The van der Waals surface area contributed by atoms with Gasteiger partial charge in [-0.3, -0.25) is 14.4 Å². The molecule has 1 atom stereocenters. The van der Waals surface area contributed by atoms with Gasteiger partial charge in [-0.05, 0) is 54.2 Å². The highest BCUT2D eigenvalue weighted by Crippen LogP contribution is 2.28. The van der Waals surface area contributed by atoms with Crippen LogP contribution in [0, 0.1) is 5.92 Å². The van der Waals surface area contributed by atoms with Crippen LogP contribution >= 0.6 is 0 Å². The van der Waals surface area contributed by atoms with Crippen LogP contribution in [0.5, 0.6) is 0 Å². The Kier molecular flexibility index (Phi) is 6.58. The second-order valence-electron chi connectivity index (χ2n) is 9.07. The molecule has 32 heavy (non-hydrogen) atoms. The van der Waals surface area contributed by atoms with Crippen LogP contribution in [0.15, 0.2) is 48.5 Å². The molecule has 168 valence electrons. The van der Waals surface area contributed by atoms with Gasteiger partial charge in [0.1, 0.15) is 0 Å². The van der Waals surface area contributed by atoms with Crippen molar-refractivity contribution >= 4 is 23.4 Å². The number of carbonyl (C=O) groups is 3. The van der Waals surface area contributed by atoms with Crippen LogP contribution in [0.2, 0.25) is 0 Å². The first-order chi connectivity index (χ1) is 15.4. The van der Waals surface area contributed by atoms with Gasteiger partial charge in [0.2, 0.25) is 11.8 Å². The van der Waals surface area contributed by atoms with Gasteiger partial charge < -0.3 is 15.1 Å². The lowest BCUT2D eigenvalue weighted by atomic mass is 10.0. The highest BCUT2D eigenvalue weighted by Gasteiger charge is 2.35. The molecule has 3 amide bonds. The van der Waals surface area contributed by atoms with E-state index >= 15 is 0 Å². The van der Waals surface area contributed by atoms with E-state index in [1.807, 2.05) is 47.4 Å². The first-order valence-corrected chi connectivity index (χ1v) is 11.5. The Labute approximate surface area is 189 Å². The monoisotopic (exact) mass is 433 g/mol. The number of benzene rings is 2. The SMILES string of the molecule is CC(C)c1cccc(N2CC(C(=O)NCc3cccc(C(=O)N4CCCC4)c3)CC2=O)c1. The third-order valence-corrected chi connectivity index (χ3v) is 6.38. The Morgan fingerprint density at radius 2 is 1.81 bits per heavy atom. The maximum Gasteiger partial charge on any atom is 0.253 e. The number of anilines is 1. The fourth-order valence-electron chi connectivity index (χ4n) is 4.44. The van der Waals surface area contributed by atoms with Crippen LogP contribution in [0.4, 0.5) is 5.69 Å². The topological polar surface area (TPSA) is 69.7 Å². The molecule has 6 heteroatoms. The van der Waals surface area contributed by atoms with Crippen molar-refractivity contribution in [1.82, 2.24) is 10.2 Å². The van der Waals surface area contributed by atoms with E-state index in [2.05, 4.69) is 25.2 Å². The molecule has 1 unspecified atom stereocenters. The lowest BCUT2D eigenvalue weighted by Crippen LogP contribution is -2.32. The van der Waals surface area contributed by atoms with E-state index in [4.69, 9.17) is 0 Å². The molecule has 2 heterocycles. The van der Waals surface area contributed by atoms with E-state index in [0.717, 1.165) is 37.2 Å². The molecule has 0 radical (unpaired) electrons. The zero-order valence-electron chi connectivity index (χ0n) is 18.8. The zero-order chi connectivity index (χ0) is 22.7. The van der Waals surface area contributed by atoms with Crippen molar-refractivity contribution < 1.29 is 14.4 Å². The van der Waals surface area contributed by atoms with Crippen LogP contribution in [-0.2, 0) is 16.1 Å². The summed E-state index contributed by atoms with van der Waals surface area (Å²) >= 11 is 0. The van der Waals surface area contributed by atoms with E-state index < -0.39 is 0 Å². The number of nitrogens with zero attached hydrogens (tertiary/aromatic N) is 2. The highest BCUT2D eigenvalue weighted by molar-refractivity contribution is 6.00. The normalized spacial score (nSPS) is 18.5. The second-order valence-corrected chi connectivity index (χ2v) is 9.07. The van der Waals surface area contributed by atoms with Crippen LogP contribution in [0.25, 0.3) is 0 Å². The van der Waals surface area contributed by atoms with Gasteiger partial charge in [-0.2, -0.15) is 0 Å². The van der Waals surface area contributed by atoms with Gasteiger partial charge in [-0.25, -0.2) is 0 Å². The number of hydrogen-bond acceptors (Lipinski definition) is 3. The van der Waals surface area contributed by atoms with Gasteiger partial charge in [-0.15, -0.1) is 0 Å². The lowest BCUT2D eigenvalue weighted by molar-refractivity contribution is -0.126. The van der Waals surface area contributed by atoms with E-state index in [1.165, 1.54) is 5.56 Å². The summed E-state index contributed by atoms with van der Waals surface area (Å²) in [5.74, 6) is -0.0998. The molecule has 2 aromatic carbocycles. The molecule has 2 aliphatic heterocycles. The molecule has 4 rings (SSSR count). The average Bonchev–Trinajstić information content (AvgIpc) is 3.47. The van der Waals surface area contributed by atoms with Gasteiger partial charge >= 0.3 is 0 Å². The molecule has 0 spiro atoms. The third-order valence-electron chi connectivity index (χ3n) is 6.38. The number of amides is 3. The number of hydrogen-bond donors (Lipinski definition) is 1. The summed E-state index contributed by atoms with van der Waals surface area (Å²) in [5, 5.41) is 2.96. The maximum absolute atomic E-state index is 12.8. The van der Waals surface area contributed by atoms with Crippen molar-refractivity contribution in [3.63, 3.8) is 0 Å². The van der Waals surface area contributed by atoms with E-state index in [9.17, 15) is 14.4 Å². The predicted molar refractivity (Wildman–Crippen MR) is 124 cm³/mol. The summed E-state index contributed by atoms with van der Waals surface area (Å²) in [6.45, 7) is 6.59. The number of likely N-dealkylation sites (tertiary alicyclic amines) is 1. The van der Waals surface area contributed by atoms with E-state index in [0.29, 0.717) is 24.6 Å². The van der Waals surface area contributed by atoms with Crippen molar-refractivity contribution in [3.05, 3.63) is 65.2 Å². The van der Waals surface area contributed by atoms with Crippen molar-refractivity contribution in [1.29, 1.82) is 0 Å². The van der Waals surface area contributed by atoms with Crippen LogP contribution < -0.4 is 10.2 Å². The quantitative estimate of drug-likeness (QED) is 0.755. The molecule has 2 fully saturated rings. The Morgan fingerprint density at radius 1 is 1.06 bits per heavy atom. The number of nitrogens with one attached hydrogen (secondary N) is 1. The predicted octanol–water partition coefficient (Wildman–Crippen LogP) is 3.72. The molecular weight excluding hydrogens is 402 g/mol. The van der Waals surface area contributed by atoms with Crippen LogP contribution in [0.3, 0.4) is 0 Å². The van der Waals surface area contributed by atoms with Gasteiger partial charge in [0.05, 0.1) is 5.92 Å². The highest BCUT2D eigenvalue weighted by atomic mass is 16.2. The van der Waals surface area contributed by atoms with Crippen molar-refractivity contribution in [2.45, 2.75) is 45.6 Å². The minimum atomic E-state index is -0.375. The third kappa shape index (κ3) is 4.85. The van der Waals surface area contributed by atoms with E-state index in [1.54, 1.807) is 4.90 Å². The summed E-state index contributed by atoms with van der Waals surface area (Å²) in [5.41, 5.74) is 3.57. The van der Waals surface area contributed by atoms with Gasteiger partial charge in [0.15, 0.2) is 0 Å². The Bertz CT molecular complexity index is 1010.